The first-order chi connectivity index (χ1) is 12.8. The monoisotopic (exact) mass is 414 g/mol. The number of benzene rings is 1. The molecule has 0 bridgehead atoms. The smallest absolute Gasteiger partial charge is 0.242 e. The Labute approximate surface area is 167 Å². The van der Waals surface area contributed by atoms with E-state index in [-0.39, 0.29) is 11.0 Å². The Bertz CT molecular complexity index is 732. The lowest BCUT2D eigenvalue weighted by molar-refractivity contribution is 0.114. The van der Waals surface area contributed by atoms with Crippen molar-refractivity contribution < 1.29 is 13.2 Å². The van der Waals surface area contributed by atoms with Crippen LogP contribution in [0.5, 0.6) is 0 Å². The molecule has 0 amide bonds. The summed E-state index contributed by atoms with van der Waals surface area (Å²) in [6.07, 6.45) is 4.37. The normalized spacial score (nSPS) is 17.1. The van der Waals surface area contributed by atoms with E-state index < -0.39 is 10.0 Å². The van der Waals surface area contributed by atoms with E-state index in [9.17, 15) is 8.42 Å². The van der Waals surface area contributed by atoms with Crippen molar-refractivity contribution in [3.63, 3.8) is 0 Å². The van der Waals surface area contributed by atoms with Crippen molar-refractivity contribution in [3.8, 4) is 0 Å². The minimum absolute atomic E-state index is 0.173. The van der Waals surface area contributed by atoms with Crippen LogP contribution in [0, 0.1) is 0 Å². The summed E-state index contributed by atoms with van der Waals surface area (Å²) in [5.74, 6) is 0. The van der Waals surface area contributed by atoms with Gasteiger partial charge in [0.25, 0.3) is 0 Å². The van der Waals surface area contributed by atoms with Crippen LogP contribution in [0.25, 0.3) is 0 Å². The predicted octanol–water partition coefficient (Wildman–Crippen LogP) is 2.61. The quantitative estimate of drug-likeness (QED) is 0.423. The number of ether oxygens (including phenoxy) is 1. The first-order valence-corrected chi connectivity index (χ1v) is 11.2. The lowest BCUT2D eigenvalue weighted by Crippen LogP contribution is -2.35. The van der Waals surface area contributed by atoms with Crippen LogP contribution in [0.4, 0.5) is 11.4 Å². The highest BCUT2D eigenvalue weighted by atomic mass is 32.2. The second-order valence-corrected chi connectivity index (χ2v) is 9.31. The molecule has 1 fully saturated rings. The zero-order chi connectivity index (χ0) is 19.9. The molecule has 3 N–H and O–H groups in total. The Morgan fingerprint density at radius 3 is 2.74 bits per heavy atom. The van der Waals surface area contributed by atoms with Gasteiger partial charge in [0, 0.05) is 33.8 Å². The lowest BCUT2D eigenvalue weighted by Gasteiger charge is -2.19. The summed E-state index contributed by atoms with van der Waals surface area (Å²) in [5.41, 5.74) is 1.46. The molecule has 1 aliphatic rings. The van der Waals surface area contributed by atoms with Gasteiger partial charge in [0.15, 0.2) is 5.11 Å². The van der Waals surface area contributed by atoms with E-state index in [2.05, 4.69) is 22.9 Å². The van der Waals surface area contributed by atoms with Gasteiger partial charge in [0.1, 0.15) is 0 Å². The average Bonchev–Trinajstić information content (AvgIpc) is 3.14. The number of nitrogens with one attached hydrogen (secondary N) is 3. The number of anilines is 2. The van der Waals surface area contributed by atoms with Crippen LogP contribution in [0.15, 0.2) is 23.1 Å². The van der Waals surface area contributed by atoms with E-state index in [0.717, 1.165) is 44.5 Å². The molecule has 1 aliphatic heterocycles. The molecule has 0 spiro atoms. The minimum atomic E-state index is -3.52. The van der Waals surface area contributed by atoms with Gasteiger partial charge in [-0.2, -0.15) is 0 Å². The highest BCUT2D eigenvalue weighted by Gasteiger charge is 2.20. The molecular weight excluding hydrogens is 384 g/mol. The van der Waals surface area contributed by atoms with Gasteiger partial charge >= 0.3 is 0 Å². The summed E-state index contributed by atoms with van der Waals surface area (Å²) in [7, 11) is -0.486. The van der Waals surface area contributed by atoms with Crippen LogP contribution in [-0.2, 0) is 14.8 Å². The second-order valence-electron chi connectivity index (χ2n) is 6.75. The van der Waals surface area contributed by atoms with E-state index in [1.165, 1.54) is 18.4 Å². The van der Waals surface area contributed by atoms with Gasteiger partial charge in [-0.15, -0.1) is 0 Å². The fourth-order valence-electron chi connectivity index (χ4n) is 2.73. The molecule has 0 aliphatic carbocycles. The predicted molar refractivity (Wildman–Crippen MR) is 114 cm³/mol. The molecule has 1 atom stereocenters. The molecule has 152 valence electrons. The molecule has 1 aromatic carbocycles. The summed E-state index contributed by atoms with van der Waals surface area (Å²) >= 11 is 5.39. The standard InChI is InChI=1S/C18H30N4O3S2/c1-4-5-10-19-16-9-8-15(27(23,24)22(2)3)12-17(16)21-18(26)20-13-14-7-6-11-25-14/h8-9,12,14,19H,4-7,10-11,13H2,1-3H3,(H2,20,21,26)/t14-/m0/s1. The second kappa shape index (κ2) is 10.2. The van der Waals surface area contributed by atoms with E-state index >= 15 is 0 Å². The van der Waals surface area contributed by atoms with E-state index in [1.54, 1.807) is 18.2 Å². The number of nitrogens with zero attached hydrogens (tertiary/aromatic N) is 1. The Morgan fingerprint density at radius 1 is 1.33 bits per heavy atom. The van der Waals surface area contributed by atoms with Gasteiger partial charge < -0.3 is 20.7 Å². The molecule has 1 saturated heterocycles. The third-order valence-corrected chi connectivity index (χ3v) is 6.44. The van der Waals surface area contributed by atoms with Crippen molar-refractivity contribution in [1.82, 2.24) is 9.62 Å². The summed E-state index contributed by atoms with van der Waals surface area (Å²) in [4.78, 5) is 0.220. The first kappa shape index (κ1) is 21.9. The Morgan fingerprint density at radius 2 is 2.11 bits per heavy atom. The van der Waals surface area contributed by atoms with E-state index in [0.29, 0.717) is 17.3 Å². The van der Waals surface area contributed by atoms with E-state index in [4.69, 9.17) is 17.0 Å². The molecule has 1 heterocycles. The maximum absolute atomic E-state index is 12.5. The zero-order valence-electron chi connectivity index (χ0n) is 16.2. The molecule has 1 aromatic rings. The van der Waals surface area contributed by atoms with Gasteiger partial charge in [-0.1, -0.05) is 13.3 Å². The number of rotatable bonds is 9. The van der Waals surface area contributed by atoms with Crippen LogP contribution in [0.3, 0.4) is 0 Å². The molecule has 0 aromatic heterocycles. The van der Waals surface area contributed by atoms with Gasteiger partial charge in [0.2, 0.25) is 10.0 Å². The molecule has 0 unspecified atom stereocenters. The Balaban J connectivity index is 2.14. The van der Waals surface area contributed by atoms with Gasteiger partial charge in [0.05, 0.1) is 22.4 Å². The van der Waals surface area contributed by atoms with Gasteiger partial charge in [-0.25, -0.2) is 12.7 Å². The zero-order valence-corrected chi connectivity index (χ0v) is 17.9. The maximum atomic E-state index is 12.5. The van der Waals surface area contributed by atoms with Crippen LogP contribution in [0.1, 0.15) is 32.6 Å². The SMILES string of the molecule is CCCCNc1ccc(S(=O)(=O)N(C)C)cc1NC(=S)NC[C@@H]1CCCO1. The number of unbranched alkanes of at least 4 members (excludes halogenated alkanes) is 1. The number of sulfonamides is 1. The average molecular weight is 415 g/mol. The number of thiocarbonyl (C=S) groups is 1. The van der Waals surface area contributed by atoms with Crippen LogP contribution in [-0.4, -0.2) is 57.7 Å². The molecule has 9 heteroatoms. The minimum Gasteiger partial charge on any atom is -0.383 e. The summed E-state index contributed by atoms with van der Waals surface area (Å²) in [6.45, 7) is 4.36. The Hall–Kier alpha value is -1.42. The largest absolute Gasteiger partial charge is 0.383 e. The van der Waals surface area contributed by atoms with Crippen LogP contribution >= 0.6 is 12.2 Å². The number of hydrogen-bond donors (Lipinski definition) is 3. The van der Waals surface area contributed by atoms with Crippen LogP contribution in [0.2, 0.25) is 0 Å². The maximum Gasteiger partial charge on any atom is 0.242 e. The third kappa shape index (κ3) is 6.31. The molecular formula is C18H30N4O3S2. The van der Waals surface area contributed by atoms with E-state index in [1.807, 2.05) is 0 Å². The third-order valence-electron chi connectivity index (χ3n) is 4.38. The van der Waals surface area contributed by atoms with Crippen molar-refractivity contribution in [2.75, 3.05) is 44.4 Å². The summed E-state index contributed by atoms with van der Waals surface area (Å²) < 4.78 is 31.7. The van der Waals surface area contributed by atoms with Crippen molar-refractivity contribution in [2.24, 2.45) is 0 Å². The van der Waals surface area contributed by atoms with Crippen molar-refractivity contribution >= 4 is 38.7 Å². The summed E-state index contributed by atoms with van der Waals surface area (Å²) in [6, 6.07) is 5.00. The fraction of sp³-hybridized carbons (Fsp3) is 0.611. The molecule has 0 radical (unpaired) electrons. The van der Waals surface area contributed by atoms with Gasteiger partial charge in [-0.3, -0.25) is 0 Å². The Kier molecular flexibility index (Phi) is 8.28. The lowest BCUT2D eigenvalue weighted by atomic mass is 10.2. The van der Waals surface area contributed by atoms with Gasteiger partial charge in [-0.05, 0) is 49.7 Å². The van der Waals surface area contributed by atoms with Crippen molar-refractivity contribution in [1.29, 1.82) is 0 Å². The molecule has 2 rings (SSSR count). The molecule has 7 nitrogen and oxygen atoms in total. The van der Waals surface area contributed by atoms with Crippen molar-refractivity contribution in [3.05, 3.63) is 18.2 Å². The number of hydrogen-bond acceptors (Lipinski definition) is 5. The fourth-order valence-corrected chi connectivity index (χ4v) is 3.85. The van der Waals surface area contributed by atoms with Crippen molar-refractivity contribution in [2.45, 2.75) is 43.6 Å². The topological polar surface area (TPSA) is 82.7 Å². The van der Waals surface area contributed by atoms with Crippen LogP contribution < -0.4 is 16.0 Å². The summed E-state index contributed by atoms with van der Waals surface area (Å²) in [5, 5.41) is 10.1. The molecule has 27 heavy (non-hydrogen) atoms. The highest BCUT2D eigenvalue weighted by Crippen LogP contribution is 2.27. The first-order valence-electron chi connectivity index (χ1n) is 9.31. The molecule has 0 saturated carbocycles. The highest BCUT2D eigenvalue weighted by molar-refractivity contribution is 7.89.